The highest BCUT2D eigenvalue weighted by Gasteiger charge is 2.63. The van der Waals surface area contributed by atoms with E-state index in [4.69, 9.17) is 14.2 Å². The molecule has 1 unspecified atom stereocenters. The minimum atomic E-state index is -0.842. The van der Waals surface area contributed by atoms with Crippen molar-refractivity contribution in [2.45, 2.75) is 104 Å². The molecule has 4 aliphatic rings. The van der Waals surface area contributed by atoms with Crippen molar-refractivity contribution in [3.05, 3.63) is 0 Å². The lowest BCUT2D eigenvalue weighted by Gasteiger charge is -2.56. The fraction of sp³-hybridized carbons (Fsp3) is 0.967. The maximum atomic E-state index is 13.1. The minimum absolute atomic E-state index is 0.0366. The van der Waals surface area contributed by atoms with Crippen LogP contribution in [0.3, 0.4) is 0 Å². The van der Waals surface area contributed by atoms with Crippen LogP contribution in [0.2, 0.25) is 0 Å². The number of esters is 1. The first-order chi connectivity index (χ1) is 16.9. The van der Waals surface area contributed by atoms with Crippen LogP contribution in [-0.2, 0) is 19.0 Å². The highest BCUT2D eigenvalue weighted by molar-refractivity contribution is 5.74. The van der Waals surface area contributed by atoms with Gasteiger partial charge in [0.25, 0.3) is 0 Å². The Bertz CT molecular complexity index is 785. The summed E-state index contributed by atoms with van der Waals surface area (Å²) in [4.78, 5) is 13.1. The zero-order valence-corrected chi connectivity index (χ0v) is 23.9. The first-order valence-corrected chi connectivity index (χ1v) is 14.5. The summed E-state index contributed by atoms with van der Waals surface area (Å²) < 4.78 is 18.2. The third kappa shape index (κ3) is 4.46. The number of rotatable bonds is 7. The highest BCUT2D eigenvalue weighted by Crippen LogP contribution is 2.66. The van der Waals surface area contributed by atoms with E-state index < -0.39 is 12.2 Å². The van der Waals surface area contributed by atoms with Crippen molar-refractivity contribution in [3.63, 3.8) is 0 Å². The van der Waals surface area contributed by atoms with Crippen molar-refractivity contribution in [2.75, 3.05) is 20.8 Å². The van der Waals surface area contributed by atoms with Crippen LogP contribution in [0, 0.1) is 58.2 Å². The van der Waals surface area contributed by atoms with Crippen molar-refractivity contribution < 1.29 is 29.2 Å². The van der Waals surface area contributed by atoms with E-state index in [-0.39, 0.29) is 34.9 Å². The van der Waals surface area contributed by atoms with Gasteiger partial charge in [-0.05, 0) is 90.8 Å². The lowest BCUT2D eigenvalue weighted by atomic mass is 9.48. The van der Waals surface area contributed by atoms with Crippen molar-refractivity contribution in [1.82, 2.24) is 0 Å². The van der Waals surface area contributed by atoms with Gasteiger partial charge in [-0.15, -0.1) is 0 Å². The van der Waals surface area contributed by atoms with E-state index in [2.05, 4.69) is 41.5 Å². The predicted molar refractivity (Wildman–Crippen MR) is 139 cm³/mol. The van der Waals surface area contributed by atoms with Crippen LogP contribution in [0.15, 0.2) is 0 Å². The van der Waals surface area contributed by atoms with Gasteiger partial charge in [0.2, 0.25) is 0 Å². The van der Waals surface area contributed by atoms with E-state index in [9.17, 15) is 15.0 Å². The number of carbonyl (C=O) groups is 1. The molecule has 4 fully saturated rings. The molecular weight excluding hydrogens is 456 g/mol. The lowest BCUT2D eigenvalue weighted by molar-refractivity contribution is -0.162. The van der Waals surface area contributed by atoms with Crippen LogP contribution in [0.1, 0.15) is 80.1 Å². The SMILES string of the molecule is CO[C@H]([C@@H](C)[C@H]1CC[C@H]2[C@@H]3COC(=O)C4C[C@H](O)[C@H](O)C[C@]4(C)[C@H]3CC[C@]12C)[C@H](OC)[C@@H](C)C(C)C. The van der Waals surface area contributed by atoms with Gasteiger partial charge in [0.05, 0.1) is 36.9 Å². The second-order valence-corrected chi connectivity index (χ2v) is 13.7. The highest BCUT2D eigenvalue weighted by atomic mass is 16.5. The fourth-order valence-electron chi connectivity index (χ4n) is 9.60. The molecule has 0 spiro atoms. The van der Waals surface area contributed by atoms with Crippen molar-refractivity contribution in [3.8, 4) is 0 Å². The summed E-state index contributed by atoms with van der Waals surface area (Å²) >= 11 is 0. The molecule has 36 heavy (non-hydrogen) atoms. The summed E-state index contributed by atoms with van der Waals surface area (Å²) in [5.41, 5.74) is -0.170. The number of ether oxygens (including phenoxy) is 3. The minimum Gasteiger partial charge on any atom is -0.465 e. The summed E-state index contributed by atoms with van der Waals surface area (Å²) in [6.07, 6.45) is 3.74. The van der Waals surface area contributed by atoms with Gasteiger partial charge >= 0.3 is 5.97 Å². The molecule has 13 atom stereocenters. The van der Waals surface area contributed by atoms with Crippen LogP contribution in [-0.4, -0.2) is 61.4 Å². The summed E-state index contributed by atoms with van der Waals surface area (Å²) in [7, 11) is 3.65. The molecule has 0 amide bonds. The third-order valence-corrected chi connectivity index (χ3v) is 12.0. The molecule has 0 radical (unpaired) electrons. The molecule has 4 rings (SSSR count). The largest absolute Gasteiger partial charge is 0.465 e. The zero-order chi connectivity index (χ0) is 26.6. The first-order valence-electron chi connectivity index (χ1n) is 14.5. The topological polar surface area (TPSA) is 85.2 Å². The maximum absolute atomic E-state index is 13.1. The number of hydrogen-bond donors (Lipinski definition) is 2. The molecule has 0 aromatic heterocycles. The van der Waals surface area contributed by atoms with Crippen molar-refractivity contribution in [2.24, 2.45) is 58.2 Å². The summed E-state index contributed by atoms with van der Waals surface area (Å²) in [5.74, 6) is 2.40. The number of hydrogen-bond acceptors (Lipinski definition) is 6. The van der Waals surface area contributed by atoms with Crippen LogP contribution < -0.4 is 0 Å². The van der Waals surface area contributed by atoms with Crippen LogP contribution in [0.5, 0.6) is 0 Å². The molecule has 0 bridgehead atoms. The number of carbonyl (C=O) groups excluding carboxylic acids is 1. The van der Waals surface area contributed by atoms with Gasteiger partial charge in [0.1, 0.15) is 0 Å². The molecule has 2 N–H and O–H groups in total. The molecule has 1 saturated heterocycles. The Hall–Kier alpha value is -0.690. The maximum Gasteiger partial charge on any atom is 0.309 e. The number of methoxy groups -OCH3 is 2. The van der Waals surface area contributed by atoms with E-state index in [1.54, 1.807) is 0 Å². The molecule has 1 aliphatic heterocycles. The van der Waals surface area contributed by atoms with Crippen molar-refractivity contribution >= 4 is 5.97 Å². The van der Waals surface area contributed by atoms with E-state index in [1.807, 2.05) is 14.2 Å². The molecular formula is C30H52O6. The van der Waals surface area contributed by atoms with Gasteiger partial charge in [0.15, 0.2) is 0 Å². The summed E-state index contributed by atoms with van der Waals surface area (Å²) in [5, 5.41) is 21.0. The average molecular weight is 509 g/mol. The van der Waals surface area contributed by atoms with Gasteiger partial charge in [0, 0.05) is 14.2 Å². The number of fused-ring (bicyclic) bond motifs is 5. The molecule has 0 aromatic rings. The Morgan fingerprint density at radius 1 is 0.917 bits per heavy atom. The lowest BCUT2D eigenvalue weighted by Crippen LogP contribution is -2.55. The van der Waals surface area contributed by atoms with Gasteiger partial charge in [-0.1, -0.05) is 41.5 Å². The quantitative estimate of drug-likeness (QED) is 0.485. The molecule has 3 aliphatic carbocycles. The smallest absolute Gasteiger partial charge is 0.309 e. The van der Waals surface area contributed by atoms with E-state index >= 15 is 0 Å². The summed E-state index contributed by atoms with van der Waals surface area (Å²) in [6, 6.07) is 0. The molecule has 0 aromatic carbocycles. The average Bonchev–Trinajstić information content (AvgIpc) is 3.14. The van der Waals surface area contributed by atoms with Crippen LogP contribution >= 0.6 is 0 Å². The van der Waals surface area contributed by atoms with Gasteiger partial charge in [-0.3, -0.25) is 4.79 Å². The zero-order valence-electron chi connectivity index (χ0n) is 23.9. The Morgan fingerprint density at radius 3 is 2.17 bits per heavy atom. The molecule has 6 nitrogen and oxygen atoms in total. The first kappa shape index (κ1) is 28.3. The van der Waals surface area contributed by atoms with Crippen LogP contribution in [0.25, 0.3) is 0 Å². The second kappa shape index (κ2) is 10.5. The van der Waals surface area contributed by atoms with Crippen LogP contribution in [0.4, 0.5) is 0 Å². The Morgan fingerprint density at radius 2 is 1.56 bits per heavy atom. The van der Waals surface area contributed by atoms with Gasteiger partial charge in [-0.2, -0.15) is 0 Å². The van der Waals surface area contributed by atoms with E-state index in [1.165, 1.54) is 0 Å². The van der Waals surface area contributed by atoms with E-state index in [0.717, 1.165) is 25.7 Å². The van der Waals surface area contributed by atoms with Gasteiger partial charge in [-0.25, -0.2) is 0 Å². The van der Waals surface area contributed by atoms with Gasteiger partial charge < -0.3 is 24.4 Å². The Kier molecular flexibility index (Phi) is 8.23. The Labute approximate surface area is 218 Å². The number of cyclic esters (lactones) is 1. The molecule has 6 heteroatoms. The standard InChI is InChI=1S/C30H52O6/c1-16(2)17(3)26(34-7)27(35-8)18(4)20-9-10-21-19-15-36-28(33)23-13-24(31)25(32)14-30(23,6)22(19)11-12-29(20,21)5/h16-27,31-32H,9-15H2,1-8H3/t17-,18-,19-,20+,21-,22-,23?,24-,25+,26+,27+,29+,30+/m0/s1. The number of aliphatic hydroxyl groups is 2. The fourth-order valence-corrected chi connectivity index (χ4v) is 9.60. The van der Waals surface area contributed by atoms with Crippen molar-refractivity contribution in [1.29, 1.82) is 0 Å². The number of aliphatic hydroxyl groups excluding tert-OH is 2. The molecule has 3 saturated carbocycles. The predicted octanol–water partition coefficient (Wildman–Crippen LogP) is 4.70. The molecule has 208 valence electrons. The summed E-state index contributed by atoms with van der Waals surface area (Å²) in [6.45, 7) is 14.3. The normalized spacial score (nSPS) is 46.1. The Balaban J connectivity index is 1.60. The third-order valence-electron chi connectivity index (χ3n) is 12.0. The van der Waals surface area contributed by atoms with E-state index in [0.29, 0.717) is 60.9 Å². The monoisotopic (exact) mass is 508 g/mol. The second-order valence-electron chi connectivity index (χ2n) is 13.7. The molecule has 1 heterocycles.